The van der Waals surface area contributed by atoms with Crippen molar-refractivity contribution in [2.45, 2.75) is 46.5 Å². The van der Waals surface area contributed by atoms with Crippen molar-refractivity contribution in [3.05, 3.63) is 12.2 Å². The molecule has 100 valence electrons. The first-order chi connectivity index (χ1) is 8.24. The SMILES string of the molecule is CCC/C=C/CCC(=O)NCCN(CC)CC. The fraction of sp³-hybridized carbons (Fsp3) is 0.786. The van der Waals surface area contributed by atoms with Gasteiger partial charge in [0.25, 0.3) is 0 Å². The molecule has 0 saturated heterocycles. The first-order valence-electron chi connectivity index (χ1n) is 6.88. The van der Waals surface area contributed by atoms with Crippen LogP contribution in [0.4, 0.5) is 0 Å². The van der Waals surface area contributed by atoms with Gasteiger partial charge in [-0.15, -0.1) is 0 Å². The van der Waals surface area contributed by atoms with Crippen molar-refractivity contribution in [3.63, 3.8) is 0 Å². The highest BCUT2D eigenvalue weighted by molar-refractivity contribution is 5.75. The lowest BCUT2D eigenvalue weighted by atomic mass is 10.2. The largest absolute Gasteiger partial charge is 0.355 e. The Kier molecular flexibility index (Phi) is 11.1. The van der Waals surface area contributed by atoms with Gasteiger partial charge in [0.05, 0.1) is 0 Å². The quantitative estimate of drug-likeness (QED) is 0.595. The van der Waals surface area contributed by atoms with Gasteiger partial charge in [0.15, 0.2) is 0 Å². The molecule has 0 unspecified atom stereocenters. The zero-order valence-corrected chi connectivity index (χ0v) is 11.7. The number of nitrogens with zero attached hydrogens (tertiary/aromatic N) is 1. The average molecular weight is 240 g/mol. The van der Waals surface area contributed by atoms with Gasteiger partial charge >= 0.3 is 0 Å². The maximum atomic E-state index is 11.5. The molecule has 3 heteroatoms. The van der Waals surface area contributed by atoms with E-state index in [-0.39, 0.29) is 5.91 Å². The number of likely N-dealkylation sites (N-methyl/N-ethyl adjacent to an activating group) is 1. The van der Waals surface area contributed by atoms with Crippen molar-refractivity contribution in [2.75, 3.05) is 26.2 Å². The van der Waals surface area contributed by atoms with E-state index in [1.165, 1.54) is 6.42 Å². The van der Waals surface area contributed by atoms with Crippen molar-refractivity contribution in [3.8, 4) is 0 Å². The van der Waals surface area contributed by atoms with E-state index in [1.807, 2.05) is 0 Å². The summed E-state index contributed by atoms with van der Waals surface area (Å²) in [5, 5.41) is 2.96. The number of allylic oxidation sites excluding steroid dienone is 2. The molecule has 0 fully saturated rings. The number of carbonyl (C=O) groups excluding carboxylic acids is 1. The summed E-state index contributed by atoms with van der Waals surface area (Å²) in [7, 11) is 0. The van der Waals surface area contributed by atoms with E-state index in [4.69, 9.17) is 0 Å². The van der Waals surface area contributed by atoms with E-state index in [0.717, 1.165) is 39.0 Å². The van der Waals surface area contributed by atoms with Crippen LogP contribution in [-0.2, 0) is 4.79 Å². The molecule has 0 atom stereocenters. The van der Waals surface area contributed by atoms with Gasteiger partial charge < -0.3 is 10.2 Å². The Morgan fingerprint density at radius 2 is 1.76 bits per heavy atom. The molecule has 0 aliphatic carbocycles. The van der Waals surface area contributed by atoms with Crippen LogP contribution >= 0.6 is 0 Å². The van der Waals surface area contributed by atoms with Crippen molar-refractivity contribution in [1.29, 1.82) is 0 Å². The number of amides is 1. The summed E-state index contributed by atoms with van der Waals surface area (Å²) in [6.07, 6.45) is 8.02. The van der Waals surface area contributed by atoms with Gasteiger partial charge in [-0.25, -0.2) is 0 Å². The molecular weight excluding hydrogens is 212 g/mol. The van der Waals surface area contributed by atoms with Crippen molar-refractivity contribution >= 4 is 5.91 Å². The summed E-state index contributed by atoms with van der Waals surface area (Å²) < 4.78 is 0. The molecular formula is C14H28N2O. The third-order valence-corrected chi connectivity index (χ3v) is 2.80. The first-order valence-corrected chi connectivity index (χ1v) is 6.88. The summed E-state index contributed by atoms with van der Waals surface area (Å²) in [6, 6.07) is 0. The summed E-state index contributed by atoms with van der Waals surface area (Å²) in [6.45, 7) is 10.2. The van der Waals surface area contributed by atoms with Crippen LogP contribution in [-0.4, -0.2) is 37.0 Å². The van der Waals surface area contributed by atoms with Crippen LogP contribution in [0.5, 0.6) is 0 Å². The van der Waals surface area contributed by atoms with E-state index >= 15 is 0 Å². The molecule has 0 heterocycles. The Morgan fingerprint density at radius 1 is 1.12 bits per heavy atom. The maximum Gasteiger partial charge on any atom is 0.220 e. The minimum atomic E-state index is 0.165. The highest BCUT2D eigenvalue weighted by Crippen LogP contribution is 1.95. The second-order valence-electron chi connectivity index (χ2n) is 4.18. The summed E-state index contributed by atoms with van der Waals surface area (Å²) in [5.41, 5.74) is 0. The summed E-state index contributed by atoms with van der Waals surface area (Å²) in [5.74, 6) is 0.165. The van der Waals surface area contributed by atoms with E-state index in [1.54, 1.807) is 0 Å². The smallest absolute Gasteiger partial charge is 0.220 e. The normalized spacial score (nSPS) is 11.3. The standard InChI is InChI=1S/C14H28N2O/c1-4-7-8-9-10-11-14(17)15-12-13-16(5-2)6-3/h8-9H,4-7,10-13H2,1-3H3,(H,15,17)/b9-8+. The van der Waals surface area contributed by atoms with Crippen molar-refractivity contribution < 1.29 is 4.79 Å². The minimum Gasteiger partial charge on any atom is -0.355 e. The zero-order valence-electron chi connectivity index (χ0n) is 11.7. The van der Waals surface area contributed by atoms with Gasteiger partial charge in [-0.2, -0.15) is 0 Å². The molecule has 1 amide bonds. The predicted octanol–water partition coefficient (Wildman–Crippen LogP) is 2.58. The first kappa shape index (κ1) is 16.2. The van der Waals surface area contributed by atoms with E-state index in [2.05, 4.69) is 43.1 Å². The van der Waals surface area contributed by atoms with Crippen LogP contribution in [0, 0.1) is 0 Å². The lowest BCUT2D eigenvalue weighted by molar-refractivity contribution is -0.121. The molecule has 0 bridgehead atoms. The Morgan fingerprint density at radius 3 is 2.35 bits per heavy atom. The van der Waals surface area contributed by atoms with Gasteiger partial charge in [0.1, 0.15) is 0 Å². The molecule has 0 rings (SSSR count). The Balaban J connectivity index is 3.46. The second-order valence-corrected chi connectivity index (χ2v) is 4.18. The second kappa shape index (κ2) is 11.6. The number of rotatable bonds is 10. The number of carbonyl (C=O) groups is 1. The van der Waals surface area contributed by atoms with Crippen LogP contribution in [0.2, 0.25) is 0 Å². The van der Waals surface area contributed by atoms with E-state index in [0.29, 0.717) is 6.42 Å². The third kappa shape index (κ3) is 10.1. The van der Waals surface area contributed by atoms with E-state index < -0.39 is 0 Å². The Labute approximate surface area is 106 Å². The molecule has 0 aliphatic rings. The highest BCUT2D eigenvalue weighted by atomic mass is 16.1. The number of nitrogens with one attached hydrogen (secondary N) is 1. The molecule has 17 heavy (non-hydrogen) atoms. The van der Waals surface area contributed by atoms with Gasteiger partial charge in [-0.05, 0) is 25.9 Å². The molecule has 0 aliphatic heterocycles. The fourth-order valence-electron chi connectivity index (χ4n) is 1.60. The van der Waals surface area contributed by atoms with Gasteiger partial charge in [0.2, 0.25) is 5.91 Å². The lowest BCUT2D eigenvalue weighted by Crippen LogP contribution is -2.34. The number of hydrogen-bond acceptors (Lipinski definition) is 2. The lowest BCUT2D eigenvalue weighted by Gasteiger charge is -2.17. The molecule has 1 N–H and O–H groups in total. The van der Waals surface area contributed by atoms with Crippen LogP contribution < -0.4 is 5.32 Å². The van der Waals surface area contributed by atoms with Crippen LogP contribution in [0.3, 0.4) is 0 Å². The number of hydrogen-bond donors (Lipinski definition) is 1. The van der Waals surface area contributed by atoms with E-state index in [9.17, 15) is 4.79 Å². The molecule has 0 aromatic carbocycles. The van der Waals surface area contributed by atoms with Gasteiger partial charge in [-0.1, -0.05) is 39.3 Å². The monoisotopic (exact) mass is 240 g/mol. The topological polar surface area (TPSA) is 32.3 Å². The molecule has 0 aromatic rings. The molecule has 0 aromatic heterocycles. The van der Waals surface area contributed by atoms with Crippen LogP contribution in [0.15, 0.2) is 12.2 Å². The summed E-state index contributed by atoms with van der Waals surface area (Å²) in [4.78, 5) is 13.8. The third-order valence-electron chi connectivity index (χ3n) is 2.80. The molecule has 0 spiro atoms. The van der Waals surface area contributed by atoms with Crippen LogP contribution in [0.25, 0.3) is 0 Å². The van der Waals surface area contributed by atoms with Crippen LogP contribution in [0.1, 0.15) is 46.5 Å². The maximum absolute atomic E-state index is 11.5. The Bertz CT molecular complexity index is 210. The molecule has 3 nitrogen and oxygen atoms in total. The van der Waals surface area contributed by atoms with Gasteiger partial charge in [0, 0.05) is 19.5 Å². The fourth-order valence-corrected chi connectivity index (χ4v) is 1.60. The van der Waals surface area contributed by atoms with Crippen molar-refractivity contribution in [1.82, 2.24) is 10.2 Å². The zero-order chi connectivity index (χ0) is 12.9. The highest BCUT2D eigenvalue weighted by Gasteiger charge is 2.01. The van der Waals surface area contributed by atoms with Crippen molar-refractivity contribution in [2.24, 2.45) is 0 Å². The molecule has 0 radical (unpaired) electrons. The van der Waals surface area contributed by atoms with Gasteiger partial charge in [-0.3, -0.25) is 4.79 Å². The molecule has 0 saturated carbocycles. The number of unbranched alkanes of at least 4 members (excludes halogenated alkanes) is 1. The summed E-state index contributed by atoms with van der Waals surface area (Å²) >= 11 is 0. The Hall–Kier alpha value is -0.830. The minimum absolute atomic E-state index is 0.165. The predicted molar refractivity (Wildman–Crippen MR) is 74.1 cm³/mol. The average Bonchev–Trinajstić information content (AvgIpc) is 2.34.